The van der Waals surface area contributed by atoms with Gasteiger partial charge in [0.2, 0.25) is 0 Å². The summed E-state index contributed by atoms with van der Waals surface area (Å²) in [6.45, 7) is 3.97. The third kappa shape index (κ3) is 3.85. The van der Waals surface area contributed by atoms with Crippen LogP contribution >= 0.6 is 11.8 Å². The van der Waals surface area contributed by atoms with Gasteiger partial charge >= 0.3 is 0 Å². The molecule has 1 rings (SSSR count). The first-order valence-corrected chi connectivity index (χ1v) is 5.72. The first kappa shape index (κ1) is 11.1. The minimum atomic E-state index is -0.193. The molecular weight excluding hydrogens is 190 g/mol. The largest absolute Gasteiger partial charge is 0.198 e. The fraction of sp³-hybridized carbons (Fsp3) is 0.417. The van der Waals surface area contributed by atoms with Crippen LogP contribution in [0.4, 0.5) is 0 Å². The Bertz CT molecular complexity index is 311. The monoisotopic (exact) mass is 205 g/mol. The maximum absolute atomic E-state index is 8.83. The van der Waals surface area contributed by atoms with Crippen molar-refractivity contribution in [1.82, 2.24) is 0 Å². The average Bonchev–Trinajstić information content (AvgIpc) is 2.19. The van der Waals surface area contributed by atoms with Gasteiger partial charge in [0.05, 0.1) is 11.5 Å². The SMILES string of the molecule is CC(C)(C#N)CCSc1ccccc1. The summed E-state index contributed by atoms with van der Waals surface area (Å²) in [4.78, 5) is 1.28. The number of nitriles is 1. The molecule has 0 heterocycles. The van der Waals surface area contributed by atoms with Crippen molar-refractivity contribution in [3.05, 3.63) is 30.3 Å². The third-order valence-electron chi connectivity index (χ3n) is 2.04. The van der Waals surface area contributed by atoms with Crippen molar-refractivity contribution in [2.45, 2.75) is 25.2 Å². The predicted octanol–water partition coefficient (Wildman–Crippen LogP) is 3.72. The fourth-order valence-corrected chi connectivity index (χ4v) is 2.19. The second-order valence-electron chi connectivity index (χ2n) is 3.91. The zero-order valence-corrected chi connectivity index (χ0v) is 9.47. The molecule has 0 spiro atoms. The molecule has 0 aliphatic carbocycles. The molecule has 1 aromatic carbocycles. The summed E-state index contributed by atoms with van der Waals surface area (Å²) in [7, 11) is 0. The Labute approximate surface area is 90.1 Å². The molecule has 0 bridgehead atoms. The van der Waals surface area contributed by atoms with Gasteiger partial charge in [0.1, 0.15) is 0 Å². The standard InChI is InChI=1S/C12H15NS/c1-12(2,10-13)8-9-14-11-6-4-3-5-7-11/h3-7H,8-9H2,1-2H3. The third-order valence-corrected chi connectivity index (χ3v) is 3.06. The Balaban J connectivity index is 2.34. The first-order valence-electron chi connectivity index (χ1n) is 4.73. The molecule has 1 nitrogen and oxygen atoms in total. The smallest absolute Gasteiger partial charge is 0.0684 e. The molecule has 0 aliphatic heterocycles. The number of rotatable bonds is 4. The Morgan fingerprint density at radius 1 is 1.29 bits per heavy atom. The predicted molar refractivity (Wildman–Crippen MR) is 61.2 cm³/mol. The minimum absolute atomic E-state index is 0.193. The lowest BCUT2D eigenvalue weighted by molar-refractivity contribution is 0.482. The quantitative estimate of drug-likeness (QED) is 0.699. The van der Waals surface area contributed by atoms with E-state index < -0.39 is 0 Å². The van der Waals surface area contributed by atoms with Gasteiger partial charge in [-0.2, -0.15) is 5.26 Å². The Morgan fingerprint density at radius 3 is 2.50 bits per heavy atom. The Hall–Kier alpha value is -0.940. The van der Waals surface area contributed by atoms with Crippen molar-refractivity contribution < 1.29 is 0 Å². The molecule has 1 aromatic rings. The molecule has 0 amide bonds. The van der Waals surface area contributed by atoms with Gasteiger partial charge in [0, 0.05) is 4.90 Å². The van der Waals surface area contributed by atoms with Gasteiger partial charge in [0.15, 0.2) is 0 Å². The number of hydrogen-bond acceptors (Lipinski definition) is 2. The van der Waals surface area contributed by atoms with Crippen LogP contribution in [0.15, 0.2) is 35.2 Å². The van der Waals surface area contributed by atoms with Crippen LogP contribution in [0, 0.1) is 16.7 Å². The van der Waals surface area contributed by atoms with Crippen LogP contribution in [0.3, 0.4) is 0 Å². The van der Waals surface area contributed by atoms with Gasteiger partial charge in [-0.05, 0) is 38.2 Å². The van der Waals surface area contributed by atoms with Crippen molar-refractivity contribution >= 4 is 11.8 Å². The van der Waals surface area contributed by atoms with Crippen LogP contribution in [0.1, 0.15) is 20.3 Å². The summed E-state index contributed by atoms with van der Waals surface area (Å²) in [6.07, 6.45) is 0.934. The molecule has 0 radical (unpaired) electrons. The molecule has 0 unspecified atom stereocenters. The normalized spacial score (nSPS) is 10.9. The summed E-state index contributed by atoms with van der Waals surface area (Å²) in [5, 5.41) is 8.83. The van der Waals surface area contributed by atoms with Gasteiger partial charge in [-0.1, -0.05) is 18.2 Å². The van der Waals surface area contributed by atoms with Gasteiger partial charge in [-0.3, -0.25) is 0 Å². The zero-order valence-electron chi connectivity index (χ0n) is 8.66. The highest BCUT2D eigenvalue weighted by molar-refractivity contribution is 7.99. The first-order chi connectivity index (χ1) is 6.64. The lowest BCUT2D eigenvalue weighted by Gasteiger charge is -2.13. The second kappa shape index (κ2) is 5.07. The van der Waals surface area contributed by atoms with E-state index >= 15 is 0 Å². The summed E-state index contributed by atoms with van der Waals surface area (Å²) >= 11 is 1.81. The molecule has 0 saturated heterocycles. The van der Waals surface area contributed by atoms with Crippen LogP contribution in [0.2, 0.25) is 0 Å². The molecule has 0 aliphatic rings. The Kier molecular flexibility index (Phi) is 4.03. The van der Waals surface area contributed by atoms with E-state index in [1.54, 1.807) is 0 Å². The Morgan fingerprint density at radius 2 is 1.93 bits per heavy atom. The van der Waals surface area contributed by atoms with E-state index in [0.717, 1.165) is 12.2 Å². The van der Waals surface area contributed by atoms with Crippen LogP contribution < -0.4 is 0 Å². The van der Waals surface area contributed by atoms with Crippen LogP contribution in [0.5, 0.6) is 0 Å². The maximum Gasteiger partial charge on any atom is 0.0684 e. The highest BCUT2D eigenvalue weighted by atomic mass is 32.2. The van der Waals surface area contributed by atoms with E-state index in [-0.39, 0.29) is 5.41 Å². The van der Waals surface area contributed by atoms with Crippen molar-refractivity contribution in [2.24, 2.45) is 5.41 Å². The topological polar surface area (TPSA) is 23.8 Å². The second-order valence-corrected chi connectivity index (χ2v) is 5.08. The number of nitrogens with zero attached hydrogens (tertiary/aromatic N) is 1. The molecule has 0 N–H and O–H groups in total. The maximum atomic E-state index is 8.83. The van der Waals surface area contributed by atoms with Gasteiger partial charge in [-0.15, -0.1) is 11.8 Å². The van der Waals surface area contributed by atoms with E-state index in [4.69, 9.17) is 5.26 Å². The van der Waals surface area contributed by atoms with Crippen LogP contribution in [0.25, 0.3) is 0 Å². The van der Waals surface area contributed by atoms with E-state index in [1.807, 2.05) is 43.8 Å². The molecule has 2 heteroatoms. The van der Waals surface area contributed by atoms with Crippen LogP contribution in [-0.2, 0) is 0 Å². The zero-order chi connectivity index (χ0) is 10.4. The van der Waals surface area contributed by atoms with E-state index in [0.29, 0.717) is 0 Å². The summed E-state index contributed by atoms with van der Waals surface area (Å²) < 4.78 is 0. The van der Waals surface area contributed by atoms with E-state index in [9.17, 15) is 0 Å². The molecule has 74 valence electrons. The van der Waals surface area contributed by atoms with Crippen molar-refractivity contribution in [3.63, 3.8) is 0 Å². The minimum Gasteiger partial charge on any atom is -0.198 e. The molecular formula is C12H15NS. The molecule has 0 aromatic heterocycles. The van der Waals surface area contributed by atoms with E-state index in [2.05, 4.69) is 18.2 Å². The molecule has 14 heavy (non-hydrogen) atoms. The van der Waals surface area contributed by atoms with Crippen molar-refractivity contribution in [3.8, 4) is 6.07 Å². The van der Waals surface area contributed by atoms with E-state index in [1.165, 1.54) is 4.90 Å². The van der Waals surface area contributed by atoms with Crippen molar-refractivity contribution in [1.29, 1.82) is 5.26 Å². The summed E-state index contributed by atoms with van der Waals surface area (Å²) in [5.41, 5.74) is -0.193. The average molecular weight is 205 g/mol. The fourth-order valence-electron chi connectivity index (χ4n) is 0.997. The van der Waals surface area contributed by atoms with Crippen molar-refractivity contribution in [2.75, 3.05) is 5.75 Å². The number of thioether (sulfide) groups is 1. The molecule has 0 atom stereocenters. The van der Waals surface area contributed by atoms with Gasteiger partial charge < -0.3 is 0 Å². The number of benzene rings is 1. The highest BCUT2D eigenvalue weighted by Crippen LogP contribution is 2.25. The summed E-state index contributed by atoms with van der Waals surface area (Å²) in [6, 6.07) is 12.6. The lowest BCUT2D eigenvalue weighted by Crippen LogP contribution is -2.08. The highest BCUT2D eigenvalue weighted by Gasteiger charge is 2.15. The molecule has 0 saturated carbocycles. The van der Waals surface area contributed by atoms with Gasteiger partial charge in [-0.25, -0.2) is 0 Å². The lowest BCUT2D eigenvalue weighted by atomic mass is 9.93. The van der Waals surface area contributed by atoms with Crippen LogP contribution in [-0.4, -0.2) is 5.75 Å². The van der Waals surface area contributed by atoms with Gasteiger partial charge in [0.25, 0.3) is 0 Å². The molecule has 0 fully saturated rings. The summed E-state index contributed by atoms with van der Waals surface area (Å²) in [5.74, 6) is 1.00. The number of hydrogen-bond donors (Lipinski definition) is 0.